The molecule has 94 valence electrons. The molecule has 0 saturated heterocycles. The lowest BCUT2D eigenvalue weighted by atomic mass is 10.1. The van der Waals surface area contributed by atoms with E-state index in [1.54, 1.807) is 30.7 Å². The number of amides is 1. The molecule has 0 bridgehead atoms. The number of hydrogen-bond acceptors (Lipinski definition) is 3. The molecule has 1 atom stereocenters. The van der Waals surface area contributed by atoms with E-state index in [2.05, 4.69) is 15.4 Å². The van der Waals surface area contributed by atoms with Gasteiger partial charge in [-0.15, -0.1) is 0 Å². The highest BCUT2D eigenvalue weighted by atomic mass is 16.1. The first-order valence-corrected chi connectivity index (χ1v) is 5.94. The standard InChI is InChI=1S/C13H16N4O/c1-3-17-9-12(8-15-17)10(2)16-13(18)11-5-4-6-14-7-11/h4-10H,3H2,1-2H3,(H,16,18). The van der Waals surface area contributed by atoms with Gasteiger partial charge in [0.1, 0.15) is 0 Å². The Morgan fingerprint density at radius 1 is 1.50 bits per heavy atom. The molecule has 18 heavy (non-hydrogen) atoms. The fraction of sp³-hybridized carbons (Fsp3) is 0.308. The van der Waals surface area contributed by atoms with E-state index in [9.17, 15) is 4.79 Å². The highest BCUT2D eigenvalue weighted by molar-refractivity contribution is 5.94. The molecule has 2 rings (SSSR count). The van der Waals surface area contributed by atoms with Crippen LogP contribution in [0, 0.1) is 0 Å². The lowest BCUT2D eigenvalue weighted by Gasteiger charge is -2.11. The van der Waals surface area contributed by atoms with E-state index >= 15 is 0 Å². The third-order valence-electron chi connectivity index (χ3n) is 2.75. The quantitative estimate of drug-likeness (QED) is 0.892. The molecule has 0 aliphatic heterocycles. The van der Waals surface area contributed by atoms with Crippen molar-refractivity contribution in [1.82, 2.24) is 20.1 Å². The van der Waals surface area contributed by atoms with Crippen LogP contribution in [-0.2, 0) is 6.54 Å². The summed E-state index contributed by atoms with van der Waals surface area (Å²) >= 11 is 0. The molecule has 1 amide bonds. The maximum Gasteiger partial charge on any atom is 0.253 e. The van der Waals surface area contributed by atoms with Crippen LogP contribution in [0.4, 0.5) is 0 Å². The molecule has 5 nitrogen and oxygen atoms in total. The highest BCUT2D eigenvalue weighted by Crippen LogP contribution is 2.11. The zero-order chi connectivity index (χ0) is 13.0. The Kier molecular flexibility index (Phi) is 3.72. The molecule has 2 aromatic rings. The van der Waals surface area contributed by atoms with E-state index in [1.165, 1.54) is 0 Å². The third-order valence-corrected chi connectivity index (χ3v) is 2.75. The third kappa shape index (κ3) is 2.74. The molecule has 2 heterocycles. The van der Waals surface area contributed by atoms with Gasteiger partial charge in [0, 0.05) is 30.7 Å². The number of nitrogens with zero attached hydrogens (tertiary/aromatic N) is 3. The molecule has 0 radical (unpaired) electrons. The van der Waals surface area contributed by atoms with Gasteiger partial charge < -0.3 is 5.32 Å². The van der Waals surface area contributed by atoms with E-state index in [4.69, 9.17) is 0 Å². The fourth-order valence-electron chi connectivity index (χ4n) is 1.64. The van der Waals surface area contributed by atoms with Crippen molar-refractivity contribution in [2.24, 2.45) is 0 Å². The Morgan fingerprint density at radius 3 is 2.94 bits per heavy atom. The van der Waals surface area contributed by atoms with Gasteiger partial charge in [0.25, 0.3) is 5.91 Å². The second kappa shape index (κ2) is 5.44. The molecule has 0 spiro atoms. The van der Waals surface area contributed by atoms with Crippen LogP contribution < -0.4 is 5.32 Å². The van der Waals surface area contributed by atoms with E-state index in [0.29, 0.717) is 5.56 Å². The summed E-state index contributed by atoms with van der Waals surface area (Å²) in [6.45, 7) is 4.78. The molecular weight excluding hydrogens is 228 g/mol. The maximum atomic E-state index is 11.9. The first-order valence-electron chi connectivity index (χ1n) is 5.94. The van der Waals surface area contributed by atoms with Gasteiger partial charge in [-0.1, -0.05) is 0 Å². The summed E-state index contributed by atoms with van der Waals surface area (Å²) in [6.07, 6.45) is 6.91. The summed E-state index contributed by atoms with van der Waals surface area (Å²) in [7, 11) is 0. The van der Waals surface area contributed by atoms with Crippen LogP contribution in [0.1, 0.15) is 35.8 Å². The van der Waals surface area contributed by atoms with Gasteiger partial charge in [-0.25, -0.2) is 0 Å². The lowest BCUT2D eigenvalue weighted by Crippen LogP contribution is -2.26. The highest BCUT2D eigenvalue weighted by Gasteiger charge is 2.12. The van der Waals surface area contributed by atoms with Crippen molar-refractivity contribution in [1.29, 1.82) is 0 Å². The topological polar surface area (TPSA) is 59.8 Å². The van der Waals surface area contributed by atoms with Gasteiger partial charge >= 0.3 is 0 Å². The summed E-state index contributed by atoms with van der Waals surface area (Å²) in [5.41, 5.74) is 1.56. The number of carbonyl (C=O) groups is 1. The molecule has 0 aliphatic rings. The monoisotopic (exact) mass is 244 g/mol. The Hall–Kier alpha value is -2.17. The Labute approximate surface area is 106 Å². The molecule has 0 saturated carbocycles. The average Bonchev–Trinajstić information content (AvgIpc) is 2.88. The van der Waals surface area contributed by atoms with E-state index in [0.717, 1.165) is 12.1 Å². The number of pyridine rings is 1. The predicted molar refractivity (Wildman–Crippen MR) is 68.0 cm³/mol. The van der Waals surface area contributed by atoms with Gasteiger partial charge in [0.2, 0.25) is 0 Å². The largest absolute Gasteiger partial charge is 0.345 e. The Morgan fingerprint density at radius 2 is 2.33 bits per heavy atom. The smallest absolute Gasteiger partial charge is 0.253 e. The van der Waals surface area contributed by atoms with Crippen molar-refractivity contribution >= 4 is 5.91 Å². The van der Waals surface area contributed by atoms with Crippen molar-refractivity contribution in [3.05, 3.63) is 48.0 Å². The summed E-state index contributed by atoms with van der Waals surface area (Å²) in [5, 5.41) is 7.11. The van der Waals surface area contributed by atoms with Crippen LogP contribution >= 0.6 is 0 Å². The van der Waals surface area contributed by atoms with Crippen molar-refractivity contribution in [2.45, 2.75) is 26.4 Å². The number of carbonyl (C=O) groups excluding carboxylic acids is 1. The minimum Gasteiger partial charge on any atom is -0.345 e. The molecule has 2 aromatic heterocycles. The summed E-state index contributed by atoms with van der Waals surface area (Å²) < 4.78 is 1.84. The van der Waals surface area contributed by atoms with Gasteiger partial charge in [-0.05, 0) is 26.0 Å². The average molecular weight is 244 g/mol. The first kappa shape index (κ1) is 12.3. The minimum absolute atomic E-state index is 0.0713. The van der Waals surface area contributed by atoms with E-state index < -0.39 is 0 Å². The van der Waals surface area contributed by atoms with Crippen molar-refractivity contribution in [2.75, 3.05) is 0 Å². The maximum absolute atomic E-state index is 11.9. The normalized spacial score (nSPS) is 12.1. The van der Waals surface area contributed by atoms with Crippen molar-refractivity contribution < 1.29 is 4.79 Å². The second-order valence-corrected chi connectivity index (χ2v) is 4.07. The Balaban J connectivity index is 2.03. The number of nitrogens with one attached hydrogen (secondary N) is 1. The zero-order valence-corrected chi connectivity index (χ0v) is 10.5. The van der Waals surface area contributed by atoms with Crippen LogP contribution in [0.25, 0.3) is 0 Å². The van der Waals surface area contributed by atoms with Crippen molar-refractivity contribution in [3.63, 3.8) is 0 Å². The van der Waals surface area contributed by atoms with Crippen molar-refractivity contribution in [3.8, 4) is 0 Å². The minimum atomic E-state index is -0.125. The number of aryl methyl sites for hydroxylation is 1. The van der Waals surface area contributed by atoms with Crippen LogP contribution in [0.5, 0.6) is 0 Å². The van der Waals surface area contributed by atoms with Crippen LogP contribution in [0.15, 0.2) is 36.9 Å². The molecule has 5 heteroatoms. The molecule has 1 unspecified atom stereocenters. The lowest BCUT2D eigenvalue weighted by molar-refractivity contribution is 0.0939. The number of aromatic nitrogens is 3. The number of rotatable bonds is 4. The molecule has 1 N–H and O–H groups in total. The molecule has 0 fully saturated rings. The fourth-order valence-corrected chi connectivity index (χ4v) is 1.64. The SMILES string of the molecule is CCn1cc(C(C)NC(=O)c2cccnc2)cn1. The van der Waals surface area contributed by atoms with Crippen LogP contribution in [0.3, 0.4) is 0 Å². The van der Waals surface area contributed by atoms with E-state index in [1.807, 2.05) is 24.7 Å². The zero-order valence-electron chi connectivity index (χ0n) is 10.5. The molecule has 0 aliphatic carbocycles. The summed E-state index contributed by atoms with van der Waals surface area (Å²) in [5.74, 6) is -0.125. The van der Waals surface area contributed by atoms with Crippen LogP contribution in [0.2, 0.25) is 0 Å². The number of hydrogen-bond donors (Lipinski definition) is 1. The molecule has 0 aromatic carbocycles. The van der Waals surface area contributed by atoms with Gasteiger partial charge in [0.15, 0.2) is 0 Å². The van der Waals surface area contributed by atoms with Gasteiger partial charge in [-0.2, -0.15) is 5.10 Å². The van der Waals surface area contributed by atoms with Crippen LogP contribution in [-0.4, -0.2) is 20.7 Å². The molecular formula is C13H16N4O. The second-order valence-electron chi connectivity index (χ2n) is 4.07. The summed E-state index contributed by atoms with van der Waals surface area (Å²) in [4.78, 5) is 15.9. The van der Waals surface area contributed by atoms with Gasteiger partial charge in [-0.3, -0.25) is 14.5 Å². The first-order chi connectivity index (χ1) is 8.70. The Bertz CT molecular complexity index is 521. The summed E-state index contributed by atoms with van der Waals surface area (Å²) in [6, 6.07) is 3.41. The van der Waals surface area contributed by atoms with E-state index in [-0.39, 0.29) is 11.9 Å². The van der Waals surface area contributed by atoms with Gasteiger partial charge in [0.05, 0.1) is 17.8 Å². The predicted octanol–water partition coefficient (Wildman–Crippen LogP) is 1.79.